The number of hydrogen-bond acceptors (Lipinski definition) is 4. The number of fused-ring (bicyclic) bond motifs is 1. The van der Waals surface area contributed by atoms with Gasteiger partial charge < -0.3 is 9.72 Å². The van der Waals surface area contributed by atoms with Gasteiger partial charge in [-0.2, -0.15) is 5.26 Å². The normalized spacial score (nSPS) is 11.8. The van der Waals surface area contributed by atoms with Crippen LogP contribution in [0.5, 0.6) is 5.75 Å². The highest BCUT2D eigenvalue weighted by Gasteiger charge is 2.23. The van der Waals surface area contributed by atoms with Gasteiger partial charge in [-0.1, -0.05) is 24.3 Å². The molecule has 0 saturated carbocycles. The standard InChI is InChI=1S/C19H16FN3O2/c20-14-6-1-4-10-18(14)25-11-5-9-17(24)13(12-21)19-22-15-7-2-3-8-16(15)23-19/h1-4,6-8,10,13H,5,9,11H2,(H,22,23). The molecule has 1 N–H and O–H groups in total. The number of carbonyl (C=O) groups excluding carboxylic acids is 1. The molecule has 6 heteroatoms. The fourth-order valence-corrected chi connectivity index (χ4v) is 2.53. The molecule has 0 radical (unpaired) electrons. The first-order valence-corrected chi connectivity index (χ1v) is 7.93. The Morgan fingerprint density at radius 2 is 2.00 bits per heavy atom. The number of Topliss-reactive ketones (excluding diaryl/α,β-unsaturated/α-hetero) is 1. The second-order valence-electron chi connectivity index (χ2n) is 5.55. The molecule has 1 unspecified atom stereocenters. The summed E-state index contributed by atoms with van der Waals surface area (Å²) in [5.74, 6) is -1.11. The molecule has 0 saturated heterocycles. The van der Waals surface area contributed by atoms with Crippen LogP contribution in [0.1, 0.15) is 24.6 Å². The van der Waals surface area contributed by atoms with Gasteiger partial charge in [0.2, 0.25) is 0 Å². The van der Waals surface area contributed by atoms with Gasteiger partial charge in [0.1, 0.15) is 5.82 Å². The van der Waals surface area contributed by atoms with Gasteiger partial charge in [0.15, 0.2) is 23.3 Å². The second kappa shape index (κ2) is 7.58. The Morgan fingerprint density at radius 3 is 2.76 bits per heavy atom. The van der Waals surface area contributed by atoms with Crippen molar-refractivity contribution >= 4 is 16.8 Å². The van der Waals surface area contributed by atoms with Gasteiger partial charge >= 0.3 is 0 Å². The van der Waals surface area contributed by atoms with Crippen molar-refractivity contribution in [2.24, 2.45) is 0 Å². The number of H-pyrrole nitrogens is 1. The number of carbonyl (C=O) groups is 1. The van der Waals surface area contributed by atoms with Crippen LogP contribution in [0, 0.1) is 17.1 Å². The summed E-state index contributed by atoms with van der Waals surface area (Å²) < 4.78 is 18.8. The van der Waals surface area contributed by atoms with E-state index in [4.69, 9.17) is 4.74 Å². The molecule has 5 nitrogen and oxygen atoms in total. The van der Waals surface area contributed by atoms with E-state index in [2.05, 4.69) is 9.97 Å². The van der Waals surface area contributed by atoms with Gasteiger partial charge in [-0.3, -0.25) is 4.79 Å². The van der Waals surface area contributed by atoms with Gasteiger partial charge in [-0.05, 0) is 30.7 Å². The average Bonchev–Trinajstić information content (AvgIpc) is 3.04. The highest BCUT2D eigenvalue weighted by atomic mass is 19.1. The summed E-state index contributed by atoms with van der Waals surface area (Å²) in [7, 11) is 0. The van der Waals surface area contributed by atoms with Crippen LogP contribution in [0.25, 0.3) is 11.0 Å². The maximum Gasteiger partial charge on any atom is 0.165 e. The summed E-state index contributed by atoms with van der Waals surface area (Å²) >= 11 is 0. The molecule has 3 rings (SSSR count). The van der Waals surface area contributed by atoms with E-state index in [-0.39, 0.29) is 24.6 Å². The second-order valence-corrected chi connectivity index (χ2v) is 5.55. The first-order chi connectivity index (χ1) is 12.2. The molecular weight excluding hydrogens is 321 g/mol. The van der Waals surface area contributed by atoms with Crippen molar-refractivity contribution in [3.05, 3.63) is 60.2 Å². The van der Waals surface area contributed by atoms with Crippen LogP contribution in [0.4, 0.5) is 4.39 Å². The van der Waals surface area contributed by atoms with Crippen LogP contribution in [0.15, 0.2) is 48.5 Å². The van der Waals surface area contributed by atoms with E-state index < -0.39 is 11.7 Å². The predicted molar refractivity (Wildman–Crippen MR) is 90.6 cm³/mol. The van der Waals surface area contributed by atoms with Crippen LogP contribution in [-0.2, 0) is 4.79 Å². The summed E-state index contributed by atoms with van der Waals surface area (Å²) in [6.07, 6.45) is 0.551. The topological polar surface area (TPSA) is 78.8 Å². The number of ketones is 1. The van der Waals surface area contributed by atoms with E-state index in [0.717, 1.165) is 5.52 Å². The molecule has 1 aromatic heterocycles. The SMILES string of the molecule is N#CC(C(=O)CCCOc1ccccc1F)c1nc2ccccc2[nH]1. The highest BCUT2D eigenvalue weighted by molar-refractivity contribution is 5.88. The first kappa shape index (κ1) is 16.7. The molecule has 25 heavy (non-hydrogen) atoms. The largest absolute Gasteiger partial charge is 0.491 e. The number of hydrogen-bond donors (Lipinski definition) is 1. The van der Waals surface area contributed by atoms with Crippen molar-refractivity contribution in [1.29, 1.82) is 5.26 Å². The van der Waals surface area contributed by atoms with E-state index in [1.807, 2.05) is 30.3 Å². The predicted octanol–water partition coefficient (Wildman–Crippen LogP) is 3.74. The van der Waals surface area contributed by atoms with E-state index in [0.29, 0.717) is 17.8 Å². The number of ether oxygens (including phenoxy) is 1. The van der Waals surface area contributed by atoms with Crippen molar-refractivity contribution in [3.8, 4) is 11.8 Å². The van der Waals surface area contributed by atoms with E-state index in [1.165, 1.54) is 12.1 Å². The highest BCUT2D eigenvalue weighted by Crippen LogP contribution is 2.20. The van der Waals surface area contributed by atoms with Crippen LogP contribution in [-0.4, -0.2) is 22.4 Å². The summed E-state index contributed by atoms with van der Waals surface area (Å²) in [6, 6.07) is 15.5. The third-order valence-electron chi connectivity index (χ3n) is 3.79. The lowest BCUT2D eigenvalue weighted by atomic mass is 10.0. The van der Waals surface area contributed by atoms with Crippen molar-refractivity contribution in [2.45, 2.75) is 18.8 Å². The maximum absolute atomic E-state index is 13.4. The Kier molecular flexibility index (Phi) is 5.05. The fourth-order valence-electron chi connectivity index (χ4n) is 2.53. The lowest BCUT2D eigenvalue weighted by Crippen LogP contribution is -2.13. The summed E-state index contributed by atoms with van der Waals surface area (Å²) in [6.45, 7) is 0.199. The Hall–Kier alpha value is -3.20. The molecule has 0 spiro atoms. The molecule has 0 amide bonds. The quantitative estimate of drug-likeness (QED) is 0.666. The number of halogens is 1. The van der Waals surface area contributed by atoms with E-state index >= 15 is 0 Å². The molecule has 0 aliphatic rings. The summed E-state index contributed by atoms with van der Waals surface area (Å²) in [5, 5.41) is 9.33. The third kappa shape index (κ3) is 3.83. The molecule has 126 valence electrons. The average molecular weight is 337 g/mol. The van der Waals surface area contributed by atoms with Gasteiger partial charge in [-0.25, -0.2) is 9.37 Å². The minimum absolute atomic E-state index is 0.156. The lowest BCUT2D eigenvalue weighted by molar-refractivity contribution is -0.119. The molecule has 0 aliphatic carbocycles. The molecule has 2 aromatic carbocycles. The van der Waals surface area contributed by atoms with Gasteiger partial charge in [0, 0.05) is 6.42 Å². The van der Waals surface area contributed by atoms with Gasteiger partial charge in [-0.15, -0.1) is 0 Å². The maximum atomic E-state index is 13.4. The van der Waals surface area contributed by atoms with Crippen LogP contribution in [0.2, 0.25) is 0 Å². The zero-order valence-corrected chi connectivity index (χ0v) is 13.4. The molecular formula is C19H16FN3O2. The number of nitrogens with one attached hydrogen (secondary N) is 1. The Balaban J connectivity index is 1.57. The number of rotatable bonds is 7. The smallest absolute Gasteiger partial charge is 0.165 e. The number of aromatic amines is 1. The molecule has 1 atom stereocenters. The Bertz CT molecular complexity index is 897. The molecule has 0 bridgehead atoms. The number of para-hydroxylation sites is 3. The summed E-state index contributed by atoms with van der Waals surface area (Å²) in [5.41, 5.74) is 1.50. The molecule has 0 aliphatic heterocycles. The monoisotopic (exact) mass is 337 g/mol. The zero-order valence-electron chi connectivity index (χ0n) is 13.4. The van der Waals surface area contributed by atoms with Crippen LogP contribution in [0.3, 0.4) is 0 Å². The van der Waals surface area contributed by atoms with Crippen molar-refractivity contribution < 1.29 is 13.9 Å². The van der Waals surface area contributed by atoms with Crippen molar-refractivity contribution in [1.82, 2.24) is 9.97 Å². The molecule has 3 aromatic rings. The lowest BCUT2D eigenvalue weighted by Gasteiger charge is -2.08. The minimum atomic E-state index is -0.944. The summed E-state index contributed by atoms with van der Waals surface area (Å²) in [4.78, 5) is 19.6. The number of nitriles is 1. The van der Waals surface area contributed by atoms with E-state index in [9.17, 15) is 14.4 Å². The van der Waals surface area contributed by atoms with E-state index in [1.54, 1.807) is 12.1 Å². The van der Waals surface area contributed by atoms with Gasteiger partial charge in [0.05, 0.1) is 23.7 Å². The Morgan fingerprint density at radius 1 is 1.24 bits per heavy atom. The number of nitrogens with zero attached hydrogens (tertiary/aromatic N) is 2. The Labute approximate surface area is 144 Å². The first-order valence-electron chi connectivity index (χ1n) is 7.93. The third-order valence-corrected chi connectivity index (χ3v) is 3.79. The fraction of sp³-hybridized carbons (Fsp3) is 0.211. The number of aromatic nitrogens is 2. The zero-order chi connectivity index (χ0) is 17.6. The van der Waals surface area contributed by atoms with Gasteiger partial charge in [0.25, 0.3) is 0 Å². The number of imidazole rings is 1. The molecule has 0 fully saturated rings. The molecule has 1 heterocycles. The van der Waals surface area contributed by atoms with Crippen LogP contribution < -0.4 is 4.74 Å². The van der Waals surface area contributed by atoms with Crippen molar-refractivity contribution in [2.75, 3.05) is 6.61 Å². The van der Waals surface area contributed by atoms with Crippen molar-refractivity contribution in [3.63, 3.8) is 0 Å². The number of benzene rings is 2. The van der Waals surface area contributed by atoms with Crippen LogP contribution >= 0.6 is 0 Å². The minimum Gasteiger partial charge on any atom is -0.491 e.